The Morgan fingerprint density at radius 1 is 0.875 bits per heavy atom. The number of para-hydroxylation sites is 1. The van der Waals surface area contributed by atoms with Crippen LogP contribution in [0.1, 0.15) is 30.5 Å². The Hall–Kier alpha value is -2.67. The maximum absolute atomic E-state index is 13.4. The highest BCUT2D eigenvalue weighted by atomic mass is 35.5. The van der Waals surface area contributed by atoms with Crippen molar-refractivity contribution in [3.8, 4) is 0 Å². The third-order valence-corrected chi connectivity index (χ3v) is 7.29. The fourth-order valence-electron chi connectivity index (χ4n) is 3.50. The van der Waals surface area contributed by atoms with E-state index in [0.29, 0.717) is 5.02 Å². The van der Waals surface area contributed by atoms with Crippen LogP contribution in [0, 0.1) is 0 Å². The second-order valence-corrected chi connectivity index (χ2v) is 9.79. The van der Waals surface area contributed by atoms with Gasteiger partial charge in [0.25, 0.3) is 0 Å². The fourth-order valence-corrected chi connectivity index (χ4v) is 5.03. The molecule has 0 atom stereocenters. The Morgan fingerprint density at radius 2 is 1.47 bits per heavy atom. The van der Waals surface area contributed by atoms with Gasteiger partial charge in [-0.25, -0.2) is 8.42 Å². The molecule has 3 aromatic rings. The summed E-state index contributed by atoms with van der Waals surface area (Å²) >= 11 is 5.97. The molecule has 1 amide bonds. The zero-order chi connectivity index (χ0) is 23.1. The first kappa shape index (κ1) is 24.0. The molecule has 5 nitrogen and oxygen atoms in total. The van der Waals surface area contributed by atoms with Crippen LogP contribution in [0.2, 0.25) is 5.02 Å². The monoisotopic (exact) mass is 470 g/mol. The summed E-state index contributed by atoms with van der Waals surface area (Å²) in [6.07, 6.45) is 1.53. The van der Waals surface area contributed by atoms with Gasteiger partial charge in [-0.2, -0.15) is 4.31 Å². The molecule has 0 aliphatic heterocycles. The zero-order valence-electron chi connectivity index (χ0n) is 18.2. The molecule has 168 valence electrons. The number of aryl methyl sites for hydroxylation is 2. The molecule has 0 unspecified atom stereocenters. The average molecular weight is 471 g/mol. The number of amides is 1. The molecule has 3 rings (SSSR count). The zero-order valence-corrected chi connectivity index (χ0v) is 19.8. The average Bonchev–Trinajstić information content (AvgIpc) is 2.80. The van der Waals surface area contributed by atoms with E-state index in [9.17, 15) is 13.2 Å². The molecule has 0 aromatic heterocycles. The van der Waals surface area contributed by atoms with E-state index in [4.69, 9.17) is 11.6 Å². The van der Waals surface area contributed by atoms with Crippen molar-refractivity contribution in [1.82, 2.24) is 4.31 Å². The molecular weight excluding hydrogens is 444 g/mol. The minimum atomic E-state index is -3.89. The summed E-state index contributed by atoms with van der Waals surface area (Å²) in [5, 5.41) is 3.53. The van der Waals surface area contributed by atoms with Crippen LogP contribution < -0.4 is 5.32 Å². The van der Waals surface area contributed by atoms with Gasteiger partial charge in [-0.15, -0.1) is 0 Å². The molecule has 0 saturated carbocycles. The van der Waals surface area contributed by atoms with Gasteiger partial charge in [0.15, 0.2) is 0 Å². The molecule has 32 heavy (non-hydrogen) atoms. The van der Waals surface area contributed by atoms with Crippen molar-refractivity contribution in [2.24, 2.45) is 0 Å². The topological polar surface area (TPSA) is 66.5 Å². The predicted molar refractivity (Wildman–Crippen MR) is 129 cm³/mol. The second-order valence-electron chi connectivity index (χ2n) is 7.42. The summed E-state index contributed by atoms with van der Waals surface area (Å²) in [5.41, 5.74) is 3.55. The Labute approximate surface area is 195 Å². The lowest BCUT2D eigenvalue weighted by Crippen LogP contribution is -2.37. The summed E-state index contributed by atoms with van der Waals surface area (Å²) in [4.78, 5) is 13.2. The van der Waals surface area contributed by atoms with E-state index < -0.39 is 10.0 Å². The second kappa shape index (κ2) is 10.8. The number of rotatable bonds is 9. The van der Waals surface area contributed by atoms with Gasteiger partial charge in [0.1, 0.15) is 0 Å². The van der Waals surface area contributed by atoms with E-state index in [1.165, 1.54) is 16.4 Å². The van der Waals surface area contributed by atoms with E-state index in [1.807, 2.05) is 32.0 Å². The summed E-state index contributed by atoms with van der Waals surface area (Å²) in [7, 11) is -3.89. The lowest BCUT2D eigenvalue weighted by Gasteiger charge is -2.23. The third-order valence-electron chi connectivity index (χ3n) is 5.24. The summed E-state index contributed by atoms with van der Waals surface area (Å²) in [6.45, 7) is 3.80. The maximum Gasteiger partial charge on any atom is 0.243 e. The molecule has 0 spiro atoms. The van der Waals surface area contributed by atoms with Gasteiger partial charge in [0.2, 0.25) is 15.9 Å². The summed E-state index contributed by atoms with van der Waals surface area (Å²) in [6, 6.07) is 21.0. The molecule has 0 saturated heterocycles. The minimum Gasteiger partial charge on any atom is -0.324 e. The van der Waals surface area contributed by atoms with Crippen LogP contribution >= 0.6 is 11.6 Å². The molecule has 0 heterocycles. The van der Waals surface area contributed by atoms with Gasteiger partial charge in [0.05, 0.1) is 11.4 Å². The van der Waals surface area contributed by atoms with Crippen molar-refractivity contribution in [3.63, 3.8) is 0 Å². The number of halogens is 1. The van der Waals surface area contributed by atoms with E-state index in [2.05, 4.69) is 5.32 Å². The van der Waals surface area contributed by atoms with Crippen molar-refractivity contribution in [3.05, 3.63) is 94.5 Å². The number of carbonyl (C=O) groups is 1. The van der Waals surface area contributed by atoms with Gasteiger partial charge in [-0.3, -0.25) is 4.79 Å². The number of sulfonamides is 1. The van der Waals surface area contributed by atoms with Gasteiger partial charge in [0, 0.05) is 17.3 Å². The number of anilines is 1. The lowest BCUT2D eigenvalue weighted by atomic mass is 10.0. The van der Waals surface area contributed by atoms with E-state index in [0.717, 1.165) is 35.2 Å². The first-order valence-electron chi connectivity index (χ1n) is 10.6. The number of nitrogens with one attached hydrogen (secondary N) is 1. The van der Waals surface area contributed by atoms with Crippen LogP contribution in [0.25, 0.3) is 0 Å². The van der Waals surface area contributed by atoms with Crippen molar-refractivity contribution in [2.45, 2.75) is 38.1 Å². The quantitative estimate of drug-likeness (QED) is 0.461. The normalized spacial score (nSPS) is 11.5. The van der Waals surface area contributed by atoms with Crippen LogP contribution in [-0.2, 0) is 34.2 Å². The van der Waals surface area contributed by atoms with Gasteiger partial charge in [-0.1, -0.05) is 74.0 Å². The van der Waals surface area contributed by atoms with Crippen LogP contribution in [0.3, 0.4) is 0 Å². The Balaban J connectivity index is 1.90. The van der Waals surface area contributed by atoms with Crippen molar-refractivity contribution in [1.29, 1.82) is 0 Å². The Morgan fingerprint density at radius 3 is 2.03 bits per heavy atom. The molecule has 1 N–H and O–H groups in total. The van der Waals surface area contributed by atoms with Crippen LogP contribution in [0.15, 0.2) is 77.7 Å². The van der Waals surface area contributed by atoms with Gasteiger partial charge >= 0.3 is 0 Å². The van der Waals surface area contributed by atoms with Crippen LogP contribution in [0.5, 0.6) is 0 Å². The molecule has 0 bridgehead atoms. The largest absolute Gasteiger partial charge is 0.324 e. The highest BCUT2D eigenvalue weighted by Crippen LogP contribution is 2.24. The highest BCUT2D eigenvalue weighted by molar-refractivity contribution is 7.89. The van der Waals surface area contributed by atoms with Crippen molar-refractivity contribution >= 4 is 33.2 Å². The summed E-state index contributed by atoms with van der Waals surface area (Å²) < 4.78 is 27.9. The Bertz CT molecular complexity index is 1140. The maximum atomic E-state index is 13.4. The third kappa shape index (κ3) is 5.76. The lowest BCUT2D eigenvalue weighted by molar-refractivity contribution is -0.116. The molecule has 0 fully saturated rings. The van der Waals surface area contributed by atoms with Gasteiger partial charge in [-0.05, 0) is 53.8 Å². The summed E-state index contributed by atoms with van der Waals surface area (Å²) in [5.74, 6) is -0.380. The smallest absolute Gasteiger partial charge is 0.243 e. The van der Waals surface area contributed by atoms with Crippen LogP contribution in [-0.4, -0.2) is 25.2 Å². The molecule has 0 radical (unpaired) electrons. The van der Waals surface area contributed by atoms with E-state index in [-0.39, 0.29) is 23.9 Å². The SMILES string of the molecule is CCc1cccc(CC)c1NC(=O)CN(Cc1ccc(Cl)cc1)S(=O)(=O)c1ccccc1. The minimum absolute atomic E-state index is 0.0534. The highest BCUT2D eigenvalue weighted by Gasteiger charge is 2.27. The fraction of sp³-hybridized carbons (Fsp3) is 0.240. The van der Waals surface area contributed by atoms with Crippen LogP contribution in [0.4, 0.5) is 5.69 Å². The number of nitrogens with zero attached hydrogens (tertiary/aromatic N) is 1. The number of carbonyl (C=O) groups excluding carboxylic acids is 1. The number of benzene rings is 3. The number of hydrogen-bond acceptors (Lipinski definition) is 3. The molecule has 0 aliphatic carbocycles. The Kier molecular flexibility index (Phi) is 8.07. The van der Waals surface area contributed by atoms with E-state index in [1.54, 1.807) is 42.5 Å². The molecule has 3 aromatic carbocycles. The molecule has 0 aliphatic rings. The molecule has 7 heteroatoms. The van der Waals surface area contributed by atoms with E-state index >= 15 is 0 Å². The first-order valence-corrected chi connectivity index (χ1v) is 12.4. The standard InChI is InChI=1S/C25H27ClN2O3S/c1-3-20-9-8-10-21(4-2)25(20)27-24(29)18-28(17-19-13-15-22(26)16-14-19)32(30,31)23-11-6-5-7-12-23/h5-16H,3-4,17-18H2,1-2H3,(H,27,29). The van der Waals surface area contributed by atoms with Gasteiger partial charge < -0.3 is 5.32 Å². The first-order chi connectivity index (χ1) is 15.3. The number of hydrogen-bond donors (Lipinski definition) is 1. The van der Waals surface area contributed by atoms with Crippen molar-refractivity contribution in [2.75, 3.05) is 11.9 Å². The predicted octanol–water partition coefficient (Wildman–Crippen LogP) is 5.29. The van der Waals surface area contributed by atoms with Crippen molar-refractivity contribution < 1.29 is 13.2 Å². The molecular formula is C25H27ClN2O3S.